The van der Waals surface area contributed by atoms with E-state index in [-0.39, 0.29) is 5.97 Å². The van der Waals surface area contributed by atoms with Crippen LogP contribution in [0.15, 0.2) is 48.1 Å². The van der Waals surface area contributed by atoms with Crippen molar-refractivity contribution in [2.75, 3.05) is 6.61 Å². The van der Waals surface area contributed by atoms with Gasteiger partial charge in [-0.1, -0.05) is 49.4 Å². The summed E-state index contributed by atoms with van der Waals surface area (Å²) in [6.07, 6.45) is 6.23. The Balaban J connectivity index is 2.72. The molecule has 0 saturated carbocycles. The van der Waals surface area contributed by atoms with Crippen LogP contribution in [0, 0.1) is 0 Å². The molecular formula is C15H18O2. The van der Waals surface area contributed by atoms with Gasteiger partial charge in [0.15, 0.2) is 0 Å². The quantitative estimate of drug-likeness (QED) is 0.439. The molecule has 2 heteroatoms. The summed E-state index contributed by atoms with van der Waals surface area (Å²) in [4.78, 5) is 11.2. The molecule has 0 bridgehead atoms. The van der Waals surface area contributed by atoms with Crippen LogP contribution in [0.5, 0.6) is 0 Å². The van der Waals surface area contributed by atoms with Crippen molar-refractivity contribution in [1.29, 1.82) is 0 Å². The highest BCUT2D eigenvalue weighted by Crippen LogP contribution is 2.10. The van der Waals surface area contributed by atoms with Crippen LogP contribution in [0.1, 0.15) is 25.8 Å². The first kappa shape index (κ1) is 13.2. The molecule has 0 unspecified atom stereocenters. The molecule has 0 aliphatic heterocycles. The Kier molecular flexibility index (Phi) is 5.80. The van der Waals surface area contributed by atoms with E-state index in [2.05, 4.69) is 13.0 Å². The molecule has 90 valence electrons. The van der Waals surface area contributed by atoms with Gasteiger partial charge in [0.1, 0.15) is 0 Å². The van der Waals surface area contributed by atoms with Gasteiger partial charge in [0, 0.05) is 6.08 Å². The van der Waals surface area contributed by atoms with Crippen LogP contribution in [-0.2, 0) is 9.53 Å². The lowest BCUT2D eigenvalue weighted by molar-refractivity contribution is -0.137. The summed E-state index contributed by atoms with van der Waals surface area (Å²) in [5, 5.41) is 0. The molecule has 1 aromatic rings. The zero-order valence-corrected chi connectivity index (χ0v) is 10.3. The predicted molar refractivity (Wildman–Crippen MR) is 70.5 cm³/mol. The second-order valence-electron chi connectivity index (χ2n) is 3.57. The van der Waals surface area contributed by atoms with Gasteiger partial charge in [-0.25, -0.2) is 4.79 Å². The lowest BCUT2D eigenvalue weighted by atomic mass is 10.1. The van der Waals surface area contributed by atoms with Crippen LogP contribution in [0.3, 0.4) is 0 Å². The Morgan fingerprint density at radius 2 is 1.88 bits per heavy atom. The molecule has 0 aromatic heterocycles. The average Bonchev–Trinajstić information content (AvgIpc) is 2.36. The van der Waals surface area contributed by atoms with E-state index in [0.717, 1.165) is 17.6 Å². The third kappa shape index (κ3) is 5.16. The van der Waals surface area contributed by atoms with Crippen LogP contribution < -0.4 is 0 Å². The number of esters is 1. The van der Waals surface area contributed by atoms with E-state index in [4.69, 9.17) is 4.74 Å². The molecule has 17 heavy (non-hydrogen) atoms. The molecule has 2 nitrogen and oxygen atoms in total. The molecule has 0 amide bonds. The van der Waals surface area contributed by atoms with Crippen molar-refractivity contribution in [3.8, 4) is 0 Å². The standard InChI is InChI=1S/C15H18O2/c1-3-13(10-11-15(16)17-4-2)12-14-8-6-5-7-9-14/h5-12H,3-4H2,1-2H3/b11-10+,13-12?. The highest BCUT2D eigenvalue weighted by Gasteiger charge is 1.95. The molecule has 0 fully saturated rings. The number of hydrogen-bond acceptors (Lipinski definition) is 2. The zero-order valence-electron chi connectivity index (χ0n) is 10.3. The number of carbonyl (C=O) groups is 1. The van der Waals surface area contributed by atoms with E-state index >= 15 is 0 Å². The Hall–Kier alpha value is -1.83. The lowest BCUT2D eigenvalue weighted by Gasteiger charge is -1.99. The summed E-state index contributed by atoms with van der Waals surface area (Å²) in [5.41, 5.74) is 2.24. The molecule has 0 aliphatic rings. The summed E-state index contributed by atoms with van der Waals surface area (Å²) >= 11 is 0. The van der Waals surface area contributed by atoms with E-state index in [1.165, 1.54) is 6.08 Å². The van der Waals surface area contributed by atoms with Gasteiger partial charge in [0.25, 0.3) is 0 Å². The van der Waals surface area contributed by atoms with Crippen molar-refractivity contribution < 1.29 is 9.53 Å². The van der Waals surface area contributed by atoms with Gasteiger partial charge in [0.05, 0.1) is 6.61 Å². The molecule has 0 saturated heterocycles. The van der Waals surface area contributed by atoms with Gasteiger partial charge in [-0.15, -0.1) is 0 Å². The summed E-state index contributed by atoms with van der Waals surface area (Å²) in [6.45, 7) is 4.27. The van der Waals surface area contributed by atoms with Crippen molar-refractivity contribution in [2.45, 2.75) is 20.3 Å². The fourth-order valence-electron chi connectivity index (χ4n) is 1.40. The molecule has 0 spiro atoms. The minimum absolute atomic E-state index is 0.292. The van der Waals surface area contributed by atoms with Crippen molar-refractivity contribution in [3.63, 3.8) is 0 Å². The van der Waals surface area contributed by atoms with Crippen LogP contribution >= 0.6 is 0 Å². The number of carbonyl (C=O) groups excluding carboxylic acids is 1. The molecular weight excluding hydrogens is 212 g/mol. The second kappa shape index (κ2) is 7.44. The van der Waals surface area contributed by atoms with Crippen LogP contribution in [0.4, 0.5) is 0 Å². The maximum atomic E-state index is 11.2. The maximum absolute atomic E-state index is 11.2. The average molecular weight is 230 g/mol. The van der Waals surface area contributed by atoms with E-state index in [9.17, 15) is 4.79 Å². The number of ether oxygens (including phenoxy) is 1. The minimum Gasteiger partial charge on any atom is -0.463 e. The van der Waals surface area contributed by atoms with Crippen LogP contribution in [0.2, 0.25) is 0 Å². The fraction of sp³-hybridized carbons (Fsp3) is 0.267. The predicted octanol–water partition coefficient (Wildman–Crippen LogP) is 3.60. The SMILES string of the molecule is CCOC(=O)/C=C/C(=Cc1ccccc1)CC. The highest BCUT2D eigenvalue weighted by molar-refractivity contribution is 5.82. The number of rotatable bonds is 5. The minimum atomic E-state index is -0.292. The summed E-state index contributed by atoms with van der Waals surface area (Å²) < 4.78 is 4.83. The summed E-state index contributed by atoms with van der Waals surface area (Å²) in [7, 11) is 0. The van der Waals surface area contributed by atoms with Gasteiger partial charge in [-0.05, 0) is 24.5 Å². The van der Waals surface area contributed by atoms with Crippen molar-refractivity contribution >= 4 is 12.0 Å². The monoisotopic (exact) mass is 230 g/mol. The maximum Gasteiger partial charge on any atom is 0.330 e. The first-order valence-corrected chi connectivity index (χ1v) is 5.86. The number of benzene rings is 1. The van der Waals surface area contributed by atoms with E-state index in [1.54, 1.807) is 6.92 Å². The zero-order chi connectivity index (χ0) is 12.5. The lowest BCUT2D eigenvalue weighted by Crippen LogP contribution is -1.98. The smallest absolute Gasteiger partial charge is 0.330 e. The van der Waals surface area contributed by atoms with E-state index < -0.39 is 0 Å². The Bertz CT molecular complexity index is 402. The third-order valence-electron chi connectivity index (χ3n) is 2.28. The second-order valence-corrected chi connectivity index (χ2v) is 3.57. The van der Waals surface area contributed by atoms with Crippen molar-refractivity contribution in [1.82, 2.24) is 0 Å². The van der Waals surface area contributed by atoms with E-state index in [1.807, 2.05) is 36.4 Å². The first-order chi connectivity index (χ1) is 8.26. The number of allylic oxidation sites excluding steroid dienone is 2. The van der Waals surface area contributed by atoms with Gasteiger partial charge in [-0.2, -0.15) is 0 Å². The normalized spacial score (nSPS) is 11.8. The molecule has 0 atom stereocenters. The largest absolute Gasteiger partial charge is 0.463 e. The molecule has 1 aromatic carbocycles. The molecule has 0 radical (unpaired) electrons. The third-order valence-corrected chi connectivity index (χ3v) is 2.28. The fourth-order valence-corrected chi connectivity index (χ4v) is 1.40. The molecule has 0 aliphatic carbocycles. The molecule has 0 N–H and O–H groups in total. The Morgan fingerprint density at radius 1 is 1.18 bits per heavy atom. The van der Waals surface area contributed by atoms with Crippen LogP contribution in [0.25, 0.3) is 6.08 Å². The van der Waals surface area contributed by atoms with Crippen LogP contribution in [-0.4, -0.2) is 12.6 Å². The van der Waals surface area contributed by atoms with Gasteiger partial charge >= 0.3 is 5.97 Å². The van der Waals surface area contributed by atoms with Gasteiger partial charge in [0.2, 0.25) is 0 Å². The summed E-state index contributed by atoms with van der Waals surface area (Å²) in [6, 6.07) is 10.0. The molecule has 0 heterocycles. The highest BCUT2D eigenvalue weighted by atomic mass is 16.5. The number of hydrogen-bond donors (Lipinski definition) is 0. The Labute approximate surface area is 103 Å². The molecule has 1 rings (SSSR count). The van der Waals surface area contributed by atoms with E-state index in [0.29, 0.717) is 6.61 Å². The Morgan fingerprint density at radius 3 is 2.47 bits per heavy atom. The van der Waals surface area contributed by atoms with Crippen molar-refractivity contribution in [2.24, 2.45) is 0 Å². The van der Waals surface area contributed by atoms with Gasteiger partial charge in [-0.3, -0.25) is 0 Å². The van der Waals surface area contributed by atoms with Gasteiger partial charge < -0.3 is 4.74 Å². The first-order valence-electron chi connectivity index (χ1n) is 5.86. The topological polar surface area (TPSA) is 26.3 Å². The van der Waals surface area contributed by atoms with Crippen molar-refractivity contribution in [3.05, 3.63) is 53.6 Å². The summed E-state index contributed by atoms with van der Waals surface area (Å²) in [5.74, 6) is -0.292.